The van der Waals surface area contributed by atoms with E-state index in [4.69, 9.17) is 9.15 Å². The van der Waals surface area contributed by atoms with E-state index in [9.17, 15) is 14.4 Å². The Balaban J connectivity index is 1.64. The third kappa shape index (κ3) is 6.37. The molecule has 2 amide bonds. The van der Waals surface area contributed by atoms with Crippen LogP contribution in [0.2, 0.25) is 0 Å². The van der Waals surface area contributed by atoms with Gasteiger partial charge >= 0.3 is 5.97 Å². The molecule has 0 atom stereocenters. The van der Waals surface area contributed by atoms with Crippen molar-refractivity contribution in [3.05, 3.63) is 86.7 Å². The van der Waals surface area contributed by atoms with Gasteiger partial charge in [-0.05, 0) is 52.3 Å². The van der Waals surface area contributed by atoms with E-state index < -0.39 is 17.8 Å². The maximum atomic E-state index is 12.4. The average molecular weight is 549 g/mol. The number of carbonyl (C=O) groups is 3. The summed E-state index contributed by atoms with van der Waals surface area (Å²) in [5, 5.41) is 6.28. The van der Waals surface area contributed by atoms with Gasteiger partial charge < -0.3 is 14.5 Å². The van der Waals surface area contributed by atoms with Crippen molar-refractivity contribution in [2.24, 2.45) is 5.10 Å². The first-order valence-electron chi connectivity index (χ1n) is 8.84. The van der Waals surface area contributed by atoms with Gasteiger partial charge in [0.05, 0.1) is 29.1 Å². The van der Waals surface area contributed by atoms with E-state index in [-0.39, 0.29) is 18.1 Å². The van der Waals surface area contributed by atoms with Crippen molar-refractivity contribution < 1.29 is 23.5 Å². The smallest absolute Gasteiger partial charge is 0.343 e. The van der Waals surface area contributed by atoms with Gasteiger partial charge in [0.25, 0.3) is 11.8 Å². The summed E-state index contributed by atoms with van der Waals surface area (Å²) in [6, 6.07) is 15.0. The first-order chi connectivity index (χ1) is 14.9. The number of halogens is 2. The number of ether oxygens (including phenoxy) is 1. The molecule has 10 heteroatoms. The van der Waals surface area contributed by atoms with Gasteiger partial charge in [0, 0.05) is 10.0 Å². The quantitative estimate of drug-likeness (QED) is 0.201. The minimum Gasteiger partial charge on any atom is -0.459 e. The largest absolute Gasteiger partial charge is 0.459 e. The van der Waals surface area contributed by atoms with Crippen LogP contribution < -0.4 is 15.5 Å². The van der Waals surface area contributed by atoms with Gasteiger partial charge in [0.15, 0.2) is 11.5 Å². The Kier molecular flexibility index (Phi) is 7.74. The lowest BCUT2D eigenvalue weighted by Crippen LogP contribution is -2.34. The summed E-state index contributed by atoms with van der Waals surface area (Å²) in [5.74, 6) is -1.27. The van der Waals surface area contributed by atoms with E-state index in [2.05, 4.69) is 47.7 Å². The first kappa shape index (κ1) is 22.4. The van der Waals surface area contributed by atoms with E-state index in [1.807, 2.05) is 0 Å². The van der Waals surface area contributed by atoms with Gasteiger partial charge in [0.2, 0.25) is 0 Å². The molecule has 0 unspecified atom stereocenters. The number of rotatable bonds is 7. The Hall–Kier alpha value is -3.24. The second kappa shape index (κ2) is 10.7. The maximum Gasteiger partial charge on any atom is 0.343 e. The van der Waals surface area contributed by atoms with Crippen LogP contribution in [0.5, 0.6) is 5.75 Å². The predicted octanol–water partition coefficient (Wildman–Crippen LogP) is 3.90. The van der Waals surface area contributed by atoms with Gasteiger partial charge in [0.1, 0.15) is 0 Å². The summed E-state index contributed by atoms with van der Waals surface area (Å²) in [4.78, 5) is 36.1. The molecule has 0 saturated carbocycles. The summed E-state index contributed by atoms with van der Waals surface area (Å²) in [5.41, 5.74) is 3.12. The van der Waals surface area contributed by atoms with Gasteiger partial charge in [-0.1, -0.05) is 34.1 Å². The van der Waals surface area contributed by atoms with E-state index in [1.54, 1.807) is 48.5 Å². The zero-order chi connectivity index (χ0) is 22.2. The number of nitrogens with zero attached hydrogens (tertiary/aromatic N) is 1. The summed E-state index contributed by atoms with van der Waals surface area (Å²) in [7, 11) is 0. The van der Waals surface area contributed by atoms with Crippen LogP contribution in [0.25, 0.3) is 0 Å². The fourth-order valence-corrected chi connectivity index (χ4v) is 3.72. The Labute approximate surface area is 193 Å². The third-order valence-electron chi connectivity index (χ3n) is 3.79. The monoisotopic (exact) mass is 547 g/mol. The second-order valence-electron chi connectivity index (χ2n) is 6.01. The number of hydrogen-bond acceptors (Lipinski definition) is 6. The number of esters is 1. The molecule has 0 aliphatic rings. The highest BCUT2D eigenvalue weighted by Crippen LogP contribution is 2.32. The molecule has 158 valence electrons. The van der Waals surface area contributed by atoms with Crippen molar-refractivity contribution in [1.29, 1.82) is 0 Å². The Bertz CT molecular complexity index is 1120. The van der Waals surface area contributed by atoms with Crippen molar-refractivity contribution in [2.75, 3.05) is 6.54 Å². The summed E-state index contributed by atoms with van der Waals surface area (Å²) in [6.45, 7) is -0.297. The van der Waals surface area contributed by atoms with E-state index >= 15 is 0 Å². The SMILES string of the molecule is O=C(CNC(=O)c1ccco1)NN=Cc1cc(Br)cc(Br)c1OC(=O)c1ccccc1. The van der Waals surface area contributed by atoms with Gasteiger partial charge in [-0.3, -0.25) is 9.59 Å². The van der Waals surface area contributed by atoms with Gasteiger partial charge in [-0.15, -0.1) is 0 Å². The fourth-order valence-electron chi connectivity index (χ4n) is 2.38. The number of carbonyl (C=O) groups excluding carboxylic acids is 3. The van der Waals surface area contributed by atoms with Crippen LogP contribution in [0.3, 0.4) is 0 Å². The van der Waals surface area contributed by atoms with Gasteiger partial charge in [-0.25, -0.2) is 10.2 Å². The molecule has 0 fully saturated rings. The summed E-state index contributed by atoms with van der Waals surface area (Å²) < 4.78 is 11.7. The number of furan rings is 1. The fraction of sp³-hybridized carbons (Fsp3) is 0.0476. The summed E-state index contributed by atoms with van der Waals surface area (Å²) >= 11 is 6.73. The second-order valence-corrected chi connectivity index (χ2v) is 7.78. The van der Waals surface area contributed by atoms with Crippen LogP contribution in [-0.4, -0.2) is 30.5 Å². The van der Waals surface area contributed by atoms with Crippen LogP contribution >= 0.6 is 31.9 Å². The predicted molar refractivity (Wildman–Crippen MR) is 120 cm³/mol. The van der Waals surface area contributed by atoms with Crippen LogP contribution in [0.1, 0.15) is 26.5 Å². The molecule has 0 bridgehead atoms. The highest BCUT2D eigenvalue weighted by molar-refractivity contribution is 9.11. The number of amides is 2. The molecule has 8 nitrogen and oxygen atoms in total. The molecule has 3 rings (SSSR count). The van der Waals surface area contributed by atoms with Crippen molar-refractivity contribution >= 4 is 55.9 Å². The minimum absolute atomic E-state index is 0.0974. The van der Waals surface area contributed by atoms with Crippen molar-refractivity contribution in [1.82, 2.24) is 10.7 Å². The van der Waals surface area contributed by atoms with E-state index in [0.29, 0.717) is 20.1 Å². The maximum absolute atomic E-state index is 12.4. The molecule has 3 aromatic rings. The summed E-state index contributed by atoms with van der Waals surface area (Å²) in [6.07, 6.45) is 2.69. The third-order valence-corrected chi connectivity index (χ3v) is 4.84. The van der Waals surface area contributed by atoms with Crippen LogP contribution in [0.15, 0.2) is 79.3 Å². The number of hydrogen-bond donors (Lipinski definition) is 2. The number of nitrogens with one attached hydrogen (secondary N) is 2. The molecule has 0 saturated heterocycles. The molecular weight excluding hydrogens is 534 g/mol. The van der Waals surface area contributed by atoms with Gasteiger partial charge in [-0.2, -0.15) is 5.10 Å². The lowest BCUT2D eigenvalue weighted by atomic mass is 10.2. The highest BCUT2D eigenvalue weighted by atomic mass is 79.9. The first-order valence-corrected chi connectivity index (χ1v) is 10.4. The lowest BCUT2D eigenvalue weighted by molar-refractivity contribution is -0.120. The molecule has 1 heterocycles. The molecule has 0 radical (unpaired) electrons. The van der Waals surface area contributed by atoms with Crippen molar-refractivity contribution in [3.8, 4) is 5.75 Å². The standard InChI is InChI=1S/C21H15Br2N3O5/c22-15-9-14(11-25-26-18(27)12-24-20(28)17-7-4-8-30-17)19(16(23)10-15)31-21(29)13-5-2-1-3-6-13/h1-11H,12H2,(H,24,28)(H,26,27). The number of benzene rings is 2. The molecule has 31 heavy (non-hydrogen) atoms. The average Bonchev–Trinajstić information content (AvgIpc) is 3.30. The Morgan fingerprint density at radius 3 is 2.55 bits per heavy atom. The van der Waals surface area contributed by atoms with Crippen molar-refractivity contribution in [2.45, 2.75) is 0 Å². The number of hydrazone groups is 1. The Morgan fingerprint density at radius 2 is 1.84 bits per heavy atom. The molecule has 2 aromatic carbocycles. The van der Waals surface area contributed by atoms with Crippen LogP contribution in [0, 0.1) is 0 Å². The topological polar surface area (TPSA) is 110 Å². The highest BCUT2D eigenvalue weighted by Gasteiger charge is 2.15. The van der Waals surface area contributed by atoms with Crippen LogP contribution in [0.4, 0.5) is 0 Å². The molecule has 2 N–H and O–H groups in total. The molecule has 0 spiro atoms. The molecule has 0 aliphatic carbocycles. The molecular formula is C21H15Br2N3O5. The van der Waals surface area contributed by atoms with E-state index in [1.165, 1.54) is 18.5 Å². The van der Waals surface area contributed by atoms with Crippen molar-refractivity contribution in [3.63, 3.8) is 0 Å². The zero-order valence-corrected chi connectivity index (χ0v) is 19.0. The minimum atomic E-state index is -0.548. The molecule has 0 aliphatic heterocycles. The molecule has 1 aromatic heterocycles. The Morgan fingerprint density at radius 1 is 1.06 bits per heavy atom. The van der Waals surface area contributed by atoms with E-state index in [0.717, 1.165) is 0 Å². The normalized spacial score (nSPS) is 10.6. The van der Waals surface area contributed by atoms with Crippen LogP contribution in [-0.2, 0) is 4.79 Å². The lowest BCUT2D eigenvalue weighted by Gasteiger charge is -2.10. The zero-order valence-electron chi connectivity index (χ0n) is 15.8.